The maximum Gasteiger partial charge on any atom is 0.227 e. The van der Waals surface area contributed by atoms with E-state index in [9.17, 15) is 4.79 Å². The molecule has 1 rings (SSSR count). The summed E-state index contributed by atoms with van der Waals surface area (Å²) in [6, 6.07) is 1.97. The van der Waals surface area contributed by atoms with Crippen LogP contribution in [0.2, 0.25) is 0 Å². The topological polar surface area (TPSA) is 83.0 Å². The molecule has 1 aromatic heterocycles. The lowest BCUT2D eigenvalue weighted by atomic mass is 10.2. The highest BCUT2D eigenvalue weighted by atomic mass is 16.5. The summed E-state index contributed by atoms with van der Waals surface area (Å²) in [4.78, 5) is 17.5. The van der Waals surface area contributed by atoms with Gasteiger partial charge in [0.1, 0.15) is 6.54 Å². The van der Waals surface area contributed by atoms with Crippen molar-refractivity contribution in [3.05, 3.63) is 11.7 Å². The number of rotatable bonds is 6. The average molecular weight is 250 g/mol. The van der Waals surface area contributed by atoms with Crippen LogP contribution in [0.3, 0.4) is 0 Å². The van der Waals surface area contributed by atoms with E-state index in [2.05, 4.69) is 10.1 Å². The van der Waals surface area contributed by atoms with Crippen molar-refractivity contribution in [2.24, 2.45) is 0 Å². The Labute approximate surface area is 107 Å². The molecule has 0 aromatic carbocycles. The number of amides is 1. The van der Waals surface area contributed by atoms with Gasteiger partial charge in [-0.05, 0) is 6.92 Å². The Morgan fingerprint density at radius 1 is 1.56 bits per heavy atom. The Kier molecular flexibility index (Phi) is 5.31. The van der Waals surface area contributed by atoms with Gasteiger partial charge in [-0.2, -0.15) is 10.2 Å². The van der Waals surface area contributed by atoms with E-state index in [1.54, 1.807) is 0 Å². The summed E-state index contributed by atoms with van der Waals surface area (Å²) < 4.78 is 5.05. The van der Waals surface area contributed by atoms with Gasteiger partial charge in [0.15, 0.2) is 5.82 Å². The smallest absolute Gasteiger partial charge is 0.227 e. The van der Waals surface area contributed by atoms with E-state index in [4.69, 9.17) is 9.78 Å². The quantitative estimate of drug-likeness (QED) is 0.714. The fraction of sp³-hybridized carbons (Fsp3) is 0.667. The van der Waals surface area contributed by atoms with E-state index >= 15 is 0 Å². The molecule has 1 heterocycles. The molecule has 1 aromatic rings. The maximum absolute atomic E-state index is 11.8. The zero-order valence-electron chi connectivity index (χ0n) is 11.0. The Morgan fingerprint density at radius 3 is 2.78 bits per heavy atom. The Bertz CT molecular complexity index is 434. The van der Waals surface area contributed by atoms with Gasteiger partial charge in [-0.15, -0.1) is 0 Å². The second kappa shape index (κ2) is 6.74. The minimum atomic E-state index is -0.0663. The van der Waals surface area contributed by atoms with Crippen molar-refractivity contribution < 1.29 is 9.32 Å². The summed E-state index contributed by atoms with van der Waals surface area (Å²) in [5.41, 5.74) is 0. The van der Waals surface area contributed by atoms with E-state index in [1.165, 1.54) is 4.90 Å². The molecule has 0 aliphatic rings. The van der Waals surface area contributed by atoms with Crippen LogP contribution in [0.4, 0.5) is 0 Å². The van der Waals surface area contributed by atoms with Crippen LogP contribution in [-0.2, 0) is 11.2 Å². The number of hydrogen-bond acceptors (Lipinski definition) is 5. The highest BCUT2D eigenvalue weighted by Gasteiger charge is 2.14. The fourth-order valence-corrected chi connectivity index (χ4v) is 1.44. The SMILES string of the molecule is CCN(CC#N)C(=O)CCc1nc(C(C)C)no1. The molecule has 0 atom stereocenters. The second-order valence-electron chi connectivity index (χ2n) is 4.27. The van der Waals surface area contributed by atoms with Gasteiger partial charge in [0, 0.05) is 25.3 Å². The van der Waals surface area contributed by atoms with Crippen molar-refractivity contribution in [1.29, 1.82) is 5.26 Å². The van der Waals surface area contributed by atoms with Crippen LogP contribution in [-0.4, -0.2) is 34.0 Å². The van der Waals surface area contributed by atoms with E-state index in [0.29, 0.717) is 24.7 Å². The molecule has 0 N–H and O–H groups in total. The monoisotopic (exact) mass is 250 g/mol. The zero-order valence-corrected chi connectivity index (χ0v) is 11.0. The predicted octanol–water partition coefficient (Wildman–Crippen LogP) is 1.50. The number of carbonyl (C=O) groups is 1. The van der Waals surface area contributed by atoms with E-state index < -0.39 is 0 Å². The number of hydrogen-bond donors (Lipinski definition) is 0. The van der Waals surface area contributed by atoms with Crippen LogP contribution in [0.25, 0.3) is 0 Å². The molecule has 0 unspecified atom stereocenters. The van der Waals surface area contributed by atoms with Gasteiger partial charge in [-0.3, -0.25) is 4.79 Å². The van der Waals surface area contributed by atoms with E-state index in [-0.39, 0.29) is 24.8 Å². The van der Waals surface area contributed by atoms with Crippen LogP contribution >= 0.6 is 0 Å². The first-order valence-corrected chi connectivity index (χ1v) is 6.05. The van der Waals surface area contributed by atoms with Crippen molar-refractivity contribution in [3.63, 3.8) is 0 Å². The molecule has 0 spiro atoms. The van der Waals surface area contributed by atoms with Crippen LogP contribution in [0, 0.1) is 11.3 Å². The number of carbonyl (C=O) groups excluding carboxylic acids is 1. The lowest BCUT2D eigenvalue weighted by Crippen LogP contribution is -2.31. The second-order valence-corrected chi connectivity index (χ2v) is 4.27. The van der Waals surface area contributed by atoms with Crippen molar-refractivity contribution in [3.8, 4) is 6.07 Å². The number of aryl methyl sites for hydroxylation is 1. The Balaban J connectivity index is 2.49. The molecule has 0 bridgehead atoms. The first-order valence-electron chi connectivity index (χ1n) is 6.05. The summed E-state index contributed by atoms with van der Waals surface area (Å²) in [5.74, 6) is 1.27. The highest BCUT2D eigenvalue weighted by Crippen LogP contribution is 2.11. The number of aromatic nitrogens is 2. The largest absolute Gasteiger partial charge is 0.339 e. The predicted molar refractivity (Wildman–Crippen MR) is 64.6 cm³/mol. The Morgan fingerprint density at radius 2 is 2.28 bits per heavy atom. The summed E-state index contributed by atoms with van der Waals surface area (Å²) in [5, 5.41) is 12.4. The van der Waals surface area contributed by atoms with Crippen LogP contribution in [0.5, 0.6) is 0 Å². The highest BCUT2D eigenvalue weighted by molar-refractivity contribution is 5.76. The first kappa shape index (κ1) is 14.2. The summed E-state index contributed by atoms with van der Waals surface area (Å²) in [6.07, 6.45) is 0.704. The normalized spacial score (nSPS) is 10.4. The molecule has 18 heavy (non-hydrogen) atoms. The third-order valence-electron chi connectivity index (χ3n) is 2.55. The summed E-state index contributed by atoms with van der Waals surface area (Å²) in [6.45, 7) is 6.46. The molecule has 0 aliphatic heterocycles. The molecule has 6 heteroatoms. The van der Waals surface area contributed by atoms with E-state index in [0.717, 1.165) is 0 Å². The van der Waals surface area contributed by atoms with Gasteiger partial charge in [0.2, 0.25) is 11.8 Å². The fourth-order valence-electron chi connectivity index (χ4n) is 1.44. The van der Waals surface area contributed by atoms with Crippen molar-refractivity contribution in [1.82, 2.24) is 15.0 Å². The molecular weight excluding hydrogens is 232 g/mol. The third-order valence-corrected chi connectivity index (χ3v) is 2.55. The standard InChI is InChI=1S/C12H18N4O2/c1-4-16(8-7-13)11(17)6-5-10-14-12(9(2)3)15-18-10/h9H,4-6,8H2,1-3H3. The molecule has 6 nitrogen and oxygen atoms in total. The first-order chi connectivity index (χ1) is 8.58. The van der Waals surface area contributed by atoms with Crippen LogP contribution < -0.4 is 0 Å². The molecule has 1 amide bonds. The van der Waals surface area contributed by atoms with Gasteiger partial charge in [-0.1, -0.05) is 19.0 Å². The Hall–Kier alpha value is -1.90. The van der Waals surface area contributed by atoms with Gasteiger partial charge in [0.25, 0.3) is 0 Å². The van der Waals surface area contributed by atoms with Crippen molar-refractivity contribution in [2.45, 2.75) is 39.5 Å². The molecule has 0 fully saturated rings. The molecule has 0 aliphatic carbocycles. The molecule has 98 valence electrons. The van der Waals surface area contributed by atoms with Gasteiger partial charge in [-0.25, -0.2) is 0 Å². The van der Waals surface area contributed by atoms with E-state index in [1.807, 2.05) is 26.8 Å². The van der Waals surface area contributed by atoms with Gasteiger partial charge in [0.05, 0.1) is 6.07 Å². The number of nitriles is 1. The minimum Gasteiger partial charge on any atom is -0.339 e. The summed E-state index contributed by atoms with van der Waals surface area (Å²) >= 11 is 0. The molecule has 0 saturated carbocycles. The van der Waals surface area contributed by atoms with Crippen molar-refractivity contribution >= 4 is 5.91 Å². The number of nitrogens with zero attached hydrogens (tertiary/aromatic N) is 4. The summed E-state index contributed by atoms with van der Waals surface area (Å²) in [7, 11) is 0. The van der Waals surface area contributed by atoms with Crippen LogP contribution in [0.1, 0.15) is 44.8 Å². The average Bonchev–Trinajstić information content (AvgIpc) is 2.82. The lowest BCUT2D eigenvalue weighted by molar-refractivity contribution is -0.130. The van der Waals surface area contributed by atoms with Crippen LogP contribution in [0.15, 0.2) is 4.52 Å². The molecule has 0 radical (unpaired) electrons. The zero-order chi connectivity index (χ0) is 13.5. The van der Waals surface area contributed by atoms with Gasteiger partial charge >= 0.3 is 0 Å². The molecule has 0 saturated heterocycles. The van der Waals surface area contributed by atoms with Crippen molar-refractivity contribution in [2.75, 3.05) is 13.1 Å². The van der Waals surface area contributed by atoms with Gasteiger partial charge < -0.3 is 9.42 Å². The maximum atomic E-state index is 11.8. The molecular formula is C12H18N4O2. The lowest BCUT2D eigenvalue weighted by Gasteiger charge is -2.16. The minimum absolute atomic E-state index is 0.0663. The third kappa shape index (κ3) is 3.84.